The Balaban J connectivity index is 1.53. The molecule has 1 aromatic heterocycles. The fraction of sp³-hybridized carbons (Fsp3) is 0.150. The molecular formula is C20H17N3O5S. The number of benzene rings is 2. The van der Waals surface area contributed by atoms with Crippen LogP contribution in [-0.4, -0.2) is 37.6 Å². The summed E-state index contributed by atoms with van der Waals surface area (Å²) in [5, 5.41) is 7.83. The van der Waals surface area contributed by atoms with Crippen molar-refractivity contribution in [3.63, 3.8) is 0 Å². The summed E-state index contributed by atoms with van der Waals surface area (Å²) in [7, 11) is 3.05. The van der Waals surface area contributed by atoms with Gasteiger partial charge in [-0.3, -0.25) is 14.9 Å². The largest absolute Gasteiger partial charge is 0.497 e. The number of carbonyl (C=O) groups excluding carboxylic acids is 2. The Bertz CT molecular complexity index is 1070. The number of nitrogens with one attached hydrogen (secondary N) is 2. The second kappa shape index (κ2) is 7.80. The van der Waals surface area contributed by atoms with E-state index >= 15 is 0 Å². The molecule has 0 saturated carbocycles. The van der Waals surface area contributed by atoms with Gasteiger partial charge in [0.15, 0.2) is 11.7 Å². The van der Waals surface area contributed by atoms with E-state index in [1.54, 1.807) is 30.3 Å². The lowest BCUT2D eigenvalue weighted by atomic mass is 10.1. The lowest BCUT2D eigenvalue weighted by Crippen LogP contribution is -2.25. The standard InChI is InChI=1S/C20H17N3O5S/c1-26-13-5-12(6-14(8-13)27-2)19(25)23-20-22-16(10-29-20)11-3-4-17-15(7-11)21-18(24)9-28-17/h3-8,10H,9H2,1-2H3,(H,21,24)(H,22,23,25). The van der Waals surface area contributed by atoms with Crippen molar-refractivity contribution in [1.29, 1.82) is 0 Å². The first-order valence-electron chi connectivity index (χ1n) is 8.63. The number of anilines is 2. The van der Waals surface area contributed by atoms with Crippen LogP contribution >= 0.6 is 11.3 Å². The Morgan fingerprint density at radius 3 is 2.66 bits per heavy atom. The average Bonchev–Trinajstić information content (AvgIpc) is 3.21. The Labute approximate surface area is 170 Å². The minimum Gasteiger partial charge on any atom is -0.497 e. The van der Waals surface area contributed by atoms with Crippen LogP contribution in [0.5, 0.6) is 17.2 Å². The van der Waals surface area contributed by atoms with Crippen molar-refractivity contribution in [1.82, 2.24) is 4.98 Å². The first-order valence-corrected chi connectivity index (χ1v) is 9.50. The van der Waals surface area contributed by atoms with Gasteiger partial charge in [-0.1, -0.05) is 0 Å². The third-order valence-electron chi connectivity index (χ3n) is 4.25. The van der Waals surface area contributed by atoms with Crippen molar-refractivity contribution in [2.24, 2.45) is 0 Å². The van der Waals surface area contributed by atoms with Crippen LogP contribution in [0.1, 0.15) is 10.4 Å². The number of fused-ring (bicyclic) bond motifs is 1. The van der Waals surface area contributed by atoms with E-state index in [0.29, 0.717) is 39.3 Å². The van der Waals surface area contributed by atoms with E-state index in [2.05, 4.69) is 15.6 Å². The van der Waals surface area contributed by atoms with E-state index in [0.717, 1.165) is 5.56 Å². The molecule has 3 aromatic rings. The molecule has 0 atom stereocenters. The van der Waals surface area contributed by atoms with Gasteiger partial charge in [0.25, 0.3) is 11.8 Å². The molecular weight excluding hydrogens is 394 g/mol. The van der Waals surface area contributed by atoms with Gasteiger partial charge < -0.3 is 19.5 Å². The minimum absolute atomic E-state index is 0.00822. The molecule has 2 heterocycles. The maximum atomic E-state index is 12.6. The zero-order chi connectivity index (χ0) is 20.4. The first-order chi connectivity index (χ1) is 14.1. The second-order valence-electron chi connectivity index (χ2n) is 6.14. The number of methoxy groups -OCH3 is 2. The highest BCUT2D eigenvalue weighted by Crippen LogP contribution is 2.34. The van der Waals surface area contributed by atoms with Crippen molar-refractivity contribution >= 4 is 34.0 Å². The summed E-state index contributed by atoms with van der Waals surface area (Å²) in [5.41, 5.74) is 2.47. The number of carbonyl (C=O) groups is 2. The molecule has 0 saturated heterocycles. The van der Waals surface area contributed by atoms with Crippen LogP contribution in [0, 0.1) is 0 Å². The summed E-state index contributed by atoms with van der Waals surface area (Å²) in [6.45, 7) is 0.00822. The minimum atomic E-state index is -0.325. The molecule has 2 N–H and O–H groups in total. The fourth-order valence-electron chi connectivity index (χ4n) is 2.81. The number of hydrogen-bond acceptors (Lipinski definition) is 7. The average molecular weight is 411 g/mol. The van der Waals surface area contributed by atoms with E-state index in [-0.39, 0.29) is 18.4 Å². The number of aromatic nitrogens is 1. The van der Waals surface area contributed by atoms with E-state index in [1.807, 2.05) is 11.4 Å². The van der Waals surface area contributed by atoms with Gasteiger partial charge in [0.05, 0.1) is 25.6 Å². The molecule has 1 aliphatic heterocycles. The topological polar surface area (TPSA) is 98.8 Å². The smallest absolute Gasteiger partial charge is 0.262 e. The van der Waals surface area contributed by atoms with Gasteiger partial charge in [-0.2, -0.15) is 0 Å². The normalized spacial score (nSPS) is 12.4. The highest BCUT2D eigenvalue weighted by atomic mass is 32.1. The predicted molar refractivity (Wildman–Crippen MR) is 109 cm³/mol. The molecule has 0 spiro atoms. The van der Waals surface area contributed by atoms with E-state index in [9.17, 15) is 9.59 Å². The Hall–Kier alpha value is -3.59. The fourth-order valence-corrected chi connectivity index (χ4v) is 3.53. The predicted octanol–water partition coefficient (Wildman–Crippen LogP) is 3.41. The highest BCUT2D eigenvalue weighted by Gasteiger charge is 2.18. The maximum Gasteiger partial charge on any atom is 0.262 e. The van der Waals surface area contributed by atoms with Gasteiger partial charge in [0.1, 0.15) is 17.2 Å². The molecule has 4 rings (SSSR count). The number of thiazole rings is 1. The van der Waals surface area contributed by atoms with E-state index in [4.69, 9.17) is 14.2 Å². The number of hydrogen-bond donors (Lipinski definition) is 2. The maximum absolute atomic E-state index is 12.6. The van der Waals surface area contributed by atoms with Crippen LogP contribution in [0.15, 0.2) is 41.8 Å². The van der Waals surface area contributed by atoms with Gasteiger partial charge in [-0.25, -0.2) is 4.98 Å². The molecule has 0 unspecified atom stereocenters. The SMILES string of the molecule is COc1cc(OC)cc(C(=O)Nc2nc(-c3ccc4c(c3)NC(=O)CO4)cs2)c1. The van der Waals surface area contributed by atoms with Gasteiger partial charge in [0.2, 0.25) is 0 Å². The van der Waals surface area contributed by atoms with Crippen LogP contribution < -0.4 is 24.8 Å². The molecule has 0 fully saturated rings. The quantitative estimate of drug-likeness (QED) is 0.668. The summed E-state index contributed by atoms with van der Waals surface area (Å²) in [6.07, 6.45) is 0. The number of rotatable bonds is 5. The molecule has 148 valence electrons. The summed E-state index contributed by atoms with van der Waals surface area (Å²) in [5.74, 6) is 1.13. The van der Waals surface area contributed by atoms with Crippen LogP contribution in [0.2, 0.25) is 0 Å². The monoisotopic (exact) mass is 411 g/mol. The van der Waals surface area contributed by atoms with E-state index in [1.165, 1.54) is 25.6 Å². The molecule has 0 bridgehead atoms. The van der Waals surface area contributed by atoms with Crippen LogP contribution in [0.4, 0.5) is 10.8 Å². The lowest BCUT2D eigenvalue weighted by Gasteiger charge is -2.18. The first kappa shape index (κ1) is 18.8. The molecule has 0 radical (unpaired) electrons. The molecule has 1 aliphatic rings. The van der Waals surface area contributed by atoms with Crippen molar-refractivity contribution < 1.29 is 23.8 Å². The zero-order valence-corrected chi connectivity index (χ0v) is 16.5. The third kappa shape index (κ3) is 3.99. The van der Waals surface area contributed by atoms with Crippen molar-refractivity contribution in [2.45, 2.75) is 0 Å². The second-order valence-corrected chi connectivity index (χ2v) is 7.00. The van der Waals surface area contributed by atoms with Crippen molar-refractivity contribution in [3.8, 4) is 28.5 Å². The molecule has 2 aromatic carbocycles. The van der Waals surface area contributed by atoms with Gasteiger partial charge >= 0.3 is 0 Å². The van der Waals surface area contributed by atoms with Crippen LogP contribution in [0.25, 0.3) is 11.3 Å². The lowest BCUT2D eigenvalue weighted by molar-refractivity contribution is -0.118. The number of amides is 2. The van der Waals surface area contributed by atoms with Gasteiger partial charge in [0, 0.05) is 22.6 Å². The molecule has 8 nitrogen and oxygen atoms in total. The van der Waals surface area contributed by atoms with Gasteiger partial charge in [-0.05, 0) is 30.3 Å². The van der Waals surface area contributed by atoms with E-state index < -0.39 is 0 Å². The summed E-state index contributed by atoms with van der Waals surface area (Å²) >= 11 is 1.30. The molecule has 9 heteroatoms. The Morgan fingerprint density at radius 1 is 1.17 bits per heavy atom. The highest BCUT2D eigenvalue weighted by molar-refractivity contribution is 7.14. The van der Waals surface area contributed by atoms with Crippen LogP contribution in [-0.2, 0) is 4.79 Å². The summed E-state index contributed by atoms with van der Waals surface area (Å²) in [6, 6.07) is 10.4. The van der Waals surface area contributed by atoms with Crippen LogP contribution in [0.3, 0.4) is 0 Å². The molecule has 29 heavy (non-hydrogen) atoms. The van der Waals surface area contributed by atoms with Crippen molar-refractivity contribution in [2.75, 3.05) is 31.5 Å². The summed E-state index contributed by atoms with van der Waals surface area (Å²) in [4.78, 5) is 28.6. The summed E-state index contributed by atoms with van der Waals surface area (Å²) < 4.78 is 15.8. The number of ether oxygens (including phenoxy) is 3. The van der Waals surface area contributed by atoms with Crippen molar-refractivity contribution in [3.05, 3.63) is 47.3 Å². The van der Waals surface area contributed by atoms with Gasteiger partial charge in [-0.15, -0.1) is 11.3 Å². The third-order valence-corrected chi connectivity index (χ3v) is 5.00. The number of nitrogens with zero attached hydrogens (tertiary/aromatic N) is 1. The zero-order valence-electron chi connectivity index (χ0n) is 15.6. The molecule has 2 amide bonds. The Kier molecular flexibility index (Phi) is 5.05. The Morgan fingerprint density at radius 2 is 1.93 bits per heavy atom. The molecule has 0 aliphatic carbocycles.